The van der Waals surface area contributed by atoms with Crippen molar-refractivity contribution in [2.24, 2.45) is 0 Å². The Morgan fingerprint density at radius 3 is 3.11 bits per heavy atom. The Bertz CT molecular complexity index is 575. The monoisotopic (exact) mass is 270 g/mol. The van der Waals surface area contributed by atoms with Crippen molar-refractivity contribution in [2.75, 3.05) is 6.61 Å². The van der Waals surface area contributed by atoms with Crippen LogP contribution in [0.4, 0.5) is 0 Å². The molecule has 1 fully saturated rings. The molecule has 3 rings (SSSR count). The summed E-state index contributed by atoms with van der Waals surface area (Å²) < 4.78 is 7.13. The third-order valence-electron chi connectivity index (χ3n) is 2.98. The summed E-state index contributed by atoms with van der Waals surface area (Å²) in [5.74, 6) is 0. The minimum atomic E-state index is -0.727. The van der Waals surface area contributed by atoms with Crippen LogP contribution < -0.4 is 0 Å². The molecular weight excluding hydrogens is 260 g/mol. The highest BCUT2D eigenvalue weighted by Gasteiger charge is 2.36. The molecule has 2 aromatic rings. The largest absolute Gasteiger partial charge is 0.394 e. The number of ether oxygens (including phenoxy) is 1. The van der Waals surface area contributed by atoms with Crippen LogP contribution in [0.3, 0.4) is 0 Å². The van der Waals surface area contributed by atoms with Gasteiger partial charge in [-0.1, -0.05) is 0 Å². The Morgan fingerprint density at radius 1 is 1.56 bits per heavy atom. The third kappa shape index (κ3) is 1.76. The van der Waals surface area contributed by atoms with Gasteiger partial charge in [0.25, 0.3) is 0 Å². The zero-order valence-corrected chi connectivity index (χ0v) is 10.0. The fourth-order valence-electron chi connectivity index (χ4n) is 2.11. The van der Waals surface area contributed by atoms with Gasteiger partial charge < -0.3 is 14.9 Å². The number of nitrogens with zero attached hydrogens (tertiary/aromatic N) is 4. The van der Waals surface area contributed by atoms with E-state index in [-0.39, 0.29) is 11.9 Å². The molecule has 1 aliphatic heterocycles. The second-order valence-corrected chi connectivity index (χ2v) is 4.44. The highest BCUT2D eigenvalue weighted by Crippen LogP contribution is 2.33. The number of imidazole rings is 1. The maximum atomic E-state index is 9.73. The molecule has 0 unspecified atom stereocenters. The predicted octanol–water partition coefficient (Wildman–Crippen LogP) is 0.120. The number of aliphatic hydroxyl groups is 2. The topological polar surface area (TPSA) is 93.3 Å². The highest BCUT2D eigenvalue weighted by atomic mass is 35.5. The van der Waals surface area contributed by atoms with Crippen molar-refractivity contribution >= 4 is 22.8 Å². The number of fused-ring (bicyclic) bond motifs is 1. The molecule has 7 nitrogen and oxygen atoms in total. The first kappa shape index (κ1) is 11.8. The molecule has 0 bridgehead atoms. The molecular formula is C10H11ClN4O3. The fourth-order valence-corrected chi connectivity index (χ4v) is 2.39. The molecule has 0 radical (unpaired) electrons. The quantitative estimate of drug-likeness (QED) is 0.753. The van der Waals surface area contributed by atoms with E-state index in [1.165, 1.54) is 6.33 Å². The zero-order chi connectivity index (χ0) is 12.7. The van der Waals surface area contributed by atoms with Gasteiger partial charge in [0, 0.05) is 6.42 Å². The first-order valence-corrected chi connectivity index (χ1v) is 5.86. The summed E-state index contributed by atoms with van der Waals surface area (Å²) in [6, 6.07) is 0. The van der Waals surface area contributed by atoms with Crippen LogP contribution in [0.2, 0.25) is 5.28 Å². The molecule has 0 saturated carbocycles. The molecule has 0 aromatic carbocycles. The molecule has 3 atom stereocenters. The Kier molecular flexibility index (Phi) is 2.90. The average Bonchev–Trinajstić information content (AvgIpc) is 2.88. The summed E-state index contributed by atoms with van der Waals surface area (Å²) in [5, 5.41) is 19.0. The SMILES string of the molecule is OC[C@@H]1O[C@@H](n2c(Cl)nc3cncnc32)C[C@H]1O. The summed E-state index contributed by atoms with van der Waals surface area (Å²) in [7, 11) is 0. The van der Waals surface area contributed by atoms with E-state index in [0.29, 0.717) is 17.6 Å². The van der Waals surface area contributed by atoms with E-state index in [9.17, 15) is 5.11 Å². The van der Waals surface area contributed by atoms with Crippen molar-refractivity contribution in [3.8, 4) is 0 Å². The Balaban J connectivity index is 2.02. The van der Waals surface area contributed by atoms with E-state index in [1.54, 1.807) is 10.8 Å². The van der Waals surface area contributed by atoms with Crippen molar-refractivity contribution in [3.05, 3.63) is 17.8 Å². The van der Waals surface area contributed by atoms with Gasteiger partial charge in [0.1, 0.15) is 24.2 Å². The second kappa shape index (κ2) is 4.43. The summed E-state index contributed by atoms with van der Waals surface area (Å²) in [4.78, 5) is 12.1. The minimum absolute atomic E-state index is 0.223. The summed E-state index contributed by atoms with van der Waals surface area (Å²) >= 11 is 6.05. The first-order chi connectivity index (χ1) is 8.70. The van der Waals surface area contributed by atoms with Gasteiger partial charge in [0.2, 0.25) is 5.28 Å². The van der Waals surface area contributed by atoms with Crippen molar-refractivity contribution < 1.29 is 14.9 Å². The average molecular weight is 271 g/mol. The third-order valence-corrected chi connectivity index (χ3v) is 3.25. The Morgan fingerprint density at radius 2 is 2.39 bits per heavy atom. The molecule has 8 heteroatoms. The lowest BCUT2D eigenvalue weighted by molar-refractivity contribution is -0.0431. The molecule has 2 aromatic heterocycles. The highest BCUT2D eigenvalue weighted by molar-refractivity contribution is 6.29. The maximum absolute atomic E-state index is 9.73. The molecule has 1 saturated heterocycles. The lowest BCUT2D eigenvalue weighted by Gasteiger charge is -2.14. The van der Waals surface area contributed by atoms with Crippen LogP contribution in [0.15, 0.2) is 12.5 Å². The van der Waals surface area contributed by atoms with Gasteiger partial charge in [0.05, 0.1) is 18.9 Å². The van der Waals surface area contributed by atoms with Crippen molar-refractivity contribution in [3.63, 3.8) is 0 Å². The number of aliphatic hydroxyl groups excluding tert-OH is 2. The lowest BCUT2D eigenvalue weighted by Crippen LogP contribution is -2.24. The summed E-state index contributed by atoms with van der Waals surface area (Å²) in [6.07, 6.45) is 1.47. The standard InChI is InChI=1S/C10H11ClN4O3/c11-10-14-5-2-12-4-13-9(5)15(10)8-1-6(17)7(3-16)18-8/h2,4,6-8,16-17H,1,3H2/t6-,7+,8-/m1/s1. The lowest BCUT2D eigenvalue weighted by atomic mass is 10.2. The van der Waals surface area contributed by atoms with E-state index in [4.69, 9.17) is 21.4 Å². The van der Waals surface area contributed by atoms with E-state index in [0.717, 1.165) is 0 Å². The normalized spacial score (nSPS) is 28.1. The molecule has 3 heterocycles. The van der Waals surface area contributed by atoms with Gasteiger partial charge >= 0.3 is 0 Å². The van der Waals surface area contributed by atoms with Gasteiger partial charge in [-0.05, 0) is 11.6 Å². The summed E-state index contributed by atoms with van der Waals surface area (Å²) in [6.45, 7) is -0.239. The molecule has 1 aliphatic rings. The van der Waals surface area contributed by atoms with Gasteiger partial charge in [-0.3, -0.25) is 4.57 Å². The van der Waals surface area contributed by atoms with Crippen LogP contribution in [-0.2, 0) is 4.74 Å². The summed E-state index contributed by atoms with van der Waals surface area (Å²) in [5.41, 5.74) is 1.11. The smallest absolute Gasteiger partial charge is 0.207 e. The van der Waals surface area contributed by atoms with E-state index < -0.39 is 18.4 Å². The van der Waals surface area contributed by atoms with Gasteiger partial charge in [-0.25, -0.2) is 15.0 Å². The molecule has 0 spiro atoms. The van der Waals surface area contributed by atoms with Crippen LogP contribution >= 0.6 is 11.6 Å². The molecule has 0 aliphatic carbocycles. The first-order valence-electron chi connectivity index (χ1n) is 5.48. The maximum Gasteiger partial charge on any atom is 0.207 e. The van der Waals surface area contributed by atoms with Crippen molar-refractivity contribution in [1.82, 2.24) is 19.5 Å². The van der Waals surface area contributed by atoms with Gasteiger partial charge in [0.15, 0.2) is 5.65 Å². The molecule has 2 N–H and O–H groups in total. The van der Waals surface area contributed by atoms with E-state index in [1.807, 2.05) is 0 Å². The van der Waals surface area contributed by atoms with Crippen molar-refractivity contribution in [1.29, 1.82) is 0 Å². The van der Waals surface area contributed by atoms with Crippen LogP contribution in [-0.4, -0.2) is 48.5 Å². The van der Waals surface area contributed by atoms with Gasteiger partial charge in [-0.15, -0.1) is 0 Å². The fraction of sp³-hybridized carbons (Fsp3) is 0.500. The van der Waals surface area contributed by atoms with Crippen LogP contribution in [0.1, 0.15) is 12.6 Å². The van der Waals surface area contributed by atoms with E-state index in [2.05, 4.69) is 15.0 Å². The van der Waals surface area contributed by atoms with Crippen LogP contribution in [0, 0.1) is 0 Å². The second-order valence-electron chi connectivity index (χ2n) is 4.10. The number of hydrogen-bond donors (Lipinski definition) is 2. The Hall–Kier alpha value is -1.28. The number of hydrogen-bond acceptors (Lipinski definition) is 6. The zero-order valence-electron chi connectivity index (χ0n) is 9.27. The van der Waals surface area contributed by atoms with E-state index >= 15 is 0 Å². The Labute approximate surface area is 107 Å². The van der Waals surface area contributed by atoms with Gasteiger partial charge in [-0.2, -0.15) is 0 Å². The van der Waals surface area contributed by atoms with Crippen molar-refractivity contribution in [2.45, 2.75) is 24.9 Å². The molecule has 96 valence electrons. The number of rotatable bonds is 2. The number of aromatic nitrogens is 4. The molecule has 0 amide bonds. The van der Waals surface area contributed by atoms with Crippen LogP contribution in [0.5, 0.6) is 0 Å². The minimum Gasteiger partial charge on any atom is -0.394 e. The molecule has 18 heavy (non-hydrogen) atoms. The number of halogens is 1. The predicted molar refractivity (Wildman–Crippen MR) is 62.0 cm³/mol. The van der Waals surface area contributed by atoms with Crippen LogP contribution in [0.25, 0.3) is 11.2 Å².